The first-order valence-corrected chi connectivity index (χ1v) is 4.51. The van der Waals surface area contributed by atoms with Gasteiger partial charge in [0.05, 0.1) is 0 Å². The minimum absolute atomic E-state index is 0.590. The number of rotatable bonds is 3. The van der Waals surface area contributed by atoms with E-state index in [4.69, 9.17) is 0 Å². The molecule has 1 aromatic rings. The zero-order chi connectivity index (χ0) is 10.4. The molecule has 0 amide bonds. The lowest BCUT2D eigenvalue weighted by Crippen LogP contribution is -2.02. The Bertz CT molecular complexity index is 356. The van der Waals surface area contributed by atoms with Gasteiger partial charge in [0.25, 0.3) is 0 Å². The second-order valence-corrected chi connectivity index (χ2v) is 3.11. The first-order valence-electron chi connectivity index (χ1n) is 4.51. The summed E-state index contributed by atoms with van der Waals surface area (Å²) in [5.41, 5.74) is 4.53. The highest BCUT2D eigenvalue weighted by molar-refractivity contribution is 5.53. The Morgan fingerprint density at radius 2 is 2.07 bits per heavy atom. The first kappa shape index (κ1) is 10.5. The van der Waals surface area contributed by atoms with Gasteiger partial charge in [-0.05, 0) is 24.1 Å². The van der Waals surface area contributed by atoms with Crippen molar-refractivity contribution in [1.29, 1.82) is 0 Å². The molecule has 1 N–H and O–H groups in total. The molecular formula is C13H14O. The van der Waals surface area contributed by atoms with Crippen LogP contribution in [0, 0.1) is 0 Å². The quantitative estimate of drug-likeness (QED) is 0.720. The highest BCUT2D eigenvalue weighted by Gasteiger charge is 2.00. The Morgan fingerprint density at radius 3 is 2.64 bits per heavy atom. The molecule has 0 unspecified atom stereocenters. The van der Waals surface area contributed by atoms with Crippen LogP contribution in [0.15, 0.2) is 54.3 Å². The predicted octanol–water partition coefficient (Wildman–Crippen LogP) is 2.79. The molecule has 0 bridgehead atoms. The molecule has 0 saturated carbocycles. The molecule has 1 rings (SSSR count). The lowest BCUT2D eigenvalue weighted by atomic mass is 10.1. The SMILES string of the molecule is C=C=C[C@H](O)/C(C)=C/c1ccccc1. The minimum Gasteiger partial charge on any atom is -0.384 e. The zero-order valence-electron chi connectivity index (χ0n) is 8.27. The van der Waals surface area contributed by atoms with Crippen molar-refractivity contribution in [2.24, 2.45) is 0 Å². The monoisotopic (exact) mass is 186 g/mol. The first-order chi connectivity index (χ1) is 6.74. The molecule has 0 fully saturated rings. The van der Waals surface area contributed by atoms with Gasteiger partial charge in [0.2, 0.25) is 0 Å². The highest BCUT2D eigenvalue weighted by atomic mass is 16.3. The zero-order valence-corrected chi connectivity index (χ0v) is 8.27. The van der Waals surface area contributed by atoms with Gasteiger partial charge in [0, 0.05) is 0 Å². The summed E-state index contributed by atoms with van der Waals surface area (Å²) in [6.07, 6.45) is 2.89. The van der Waals surface area contributed by atoms with E-state index in [0.717, 1.165) is 11.1 Å². The average molecular weight is 186 g/mol. The average Bonchev–Trinajstić information content (AvgIpc) is 2.19. The van der Waals surface area contributed by atoms with E-state index in [9.17, 15) is 5.11 Å². The van der Waals surface area contributed by atoms with Crippen LogP contribution in [-0.4, -0.2) is 11.2 Å². The maximum absolute atomic E-state index is 9.55. The Hall–Kier alpha value is -1.56. The molecule has 1 nitrogen and oxygen atoms in total. The van der Waals surface area contributed by atoms with Crippen LogP contribution in [0.3, 0.4) is 0 Å². The van der Waals surface area contributed by atoms with E-state index in [0.29, 0.717) is 0 Å². The number of aliphatic hydroxyl groups excluding tert-OH is 1. The summed E-state index contributed by atoms with van der Waals surface area (Å²) in [5, 5.41) is 9.55. The summed E-state index contributed by atoms with van der Waals surface area (Å²) in [7, 11) is 0. The van der Waals surface area contributed by atoms with Gasteiger partial charge in [0.1, 0.15) is 6.10 Å². The van der Waals surface area contributed by atoms with Gasteiger partial charge in [-0.15, -0.1) is 5.73 Å². The highest BCUT2D eigenvalue weighted by Crippen LogP contribution is 2.09. The molecule has 0 saturated heterocycles. The van der Waals surface area contributed by atoms with Gasteiger partial charge in [-0.2, -0.15) is 0 Å². The Labute approximate surface area is 84.7 Å². The maximum Gasteiger partial charge on any atom is 0.101 e. The summed E-state index contributed by atoms with van der Waals surface area (Å²) in [6.45, 7) is 5.30. The van der Waals surface area contributed by atoms with Crippen LogP contribution >= 0.6 is 0 Å². The lowest BCUT2D eigenvalue weighted by molar-refractivity contribution is 0.260. The van der Waals surface area contributed by atoms with E-state index in [2.05, 4.69) is 12.3 Å². The molecule has 1 heteroatoms. The van der Waals surface area contributed by atoms with Crippen LogP contribution in [-0.2, 0) is 0 Å². The molecule has 1 atom stereocenters. The van der Waals surface area contributed by atoms with Crippen molar-refractivity contribution >= 4 is 6.08 Å². The van der Waals surface area contributed by atoms with E-state index in [-0.39, 0.29) is 0 Å². The van der Waals surface area contributed by atoms with Crippen LogP contribution in [0.2, 0.25) is 0 Å². The van der Waals surface area contributed by atoms with Gasteiger partial charge in [-0.1, -0.05) is 43.0 Å². The molecule has 0 aromatic heterocycles. The van der Waals surface area contributed by atoms with E-state index < -0.39 is 6.10 Å². The van der Waals surface area contributed by atoms with Gasteiger partial charge in [-0.3, -0.25) is 0 Å². The minimum atomic E-state index is -0.590. The number of hydrogen-bond donors (Lipinski definition) is 1. The third-order valence-corrected chi connectivity index (χ3v) is 1.94. The number of hydrogen-bond acceptors (Lipinski definition) is 1. The second-order valence-electron chi connectivity index (χ2n) is 3.11. The van der Waals surface area contributed by atoms with E-state index >= 15 is 0 Å². The van der Waals surface area contributed by atoms with Crippen molar-refractivity contribution < 1.29 is 5.11 Å². The lowest BCUT2D eigenvalue weighted by Gasteiger charge is -2.04. The standard InChI is InChI=1S/C13H14O/c1-3-7-13(14)11(2)10-12-8-5-4-6-9-12/h4-10,13-14H,1H2,2H3/b11-10+/t13-/m0/s1. The Morgan fingerprint density at radius 1 is 1.43 bits per heavy atom. The van der Waals surface area contributed by atoms with Crippen LogP contribution in [0.4, 0.5) is 0 Å². The molecule has 0 spiro atoms. The molecule has 72 valence electrons. The Kier molecular flexibility index (Phi) is 3.93. The van der Waals surface area contributed by atoms with Gasteiger partial charge in [-0.25, -0.2) is 0 Å². The van der Waals surface area contributed by atoms with Crippen LogP contribution in [0.25, 0.3) is 6.08 Å². The fraction of sp³-hybridized carbons (Fsp3) is 0.154. The van der Waals surface area contributed by atoms with Crippen molar-refractivity contribution in [3.05, 3.63) is 59.9 Å². The third-order valence-electron chi connectivity index (χ3n) is 1.94. The molecular weight excluding hydrogens is 172 g/mol. The Balaban J connectivity index is 2.83. The predicted molar refractivity (Wildman–Crippen MR) is 59.8 cm³/mol. The summed E-state index contributed by atoms with van der Waals surface area (Å²) in [5.74, 6) is 0. The van der Waals surface area contributed by atoms with Gasteiger partial charge in [0.15, 0.2) is 0 Å². The van der Waals surface area contributed by atoms with E-state index in [1.54, 1.807) is 0 Å². The van der Waals surface area contributed by atoms with Gasteiger partial charge >= 0.3 is 0 Å². The smallest absolute Gasteiger partial charge is 0.101 e. The molecule has 0 aliphatic heterocycles. The van der Waals surface area contributed by atoms with Crippen molar-refractivity contribution in [2.45, 2.75) is 13.0 Å². The molecule has 0 aliphatic carbocycles. The van der Waals surface area contributed by atoms with E-state index in [1.165, 1.54) is 6.08 Å². The summed E-state index contributed by atoms with van der Waals surface area (Å²) < 4.78 is 0. The number of aliphatic hydroxyl groups is 1. The molecule has 0 heterocycles. The van der Waals surface area contributed by atoms with Crippen molar-refractivity contribution in [3.63, 3.8) is 0 Å². The molecule has 14 heavy (non-hydrogen) atoms. The van der Waals surface area contributed by atoms with Crippen molar-refractivity contribution in [2.75, 3.05) is 0 Å². The van der Waals surface area contributed by atoms with E-state index in [1.807, 2.05) is 43.3 Å². The number of benzene rings is 1. The largest absolute Gasteiger partial charge is 0.384 e. The molecule has 0 radical (unpaired) electrons. The summed E-state index contributed by atoms with van der Waals surface area (Å²) in [6, 6.07) is 9.89. The van der Waals surface area contributed by atoms with Gasteiger partial charge < -0.3 is 5.11 Å². The summed E-state index contributed by atoms with van der Waals surface area (Å²) >= 11 is 0. The second kappa shape index (κ2) is 5.23. The fourth-order valence-corrected chi connectivity index (χ4v) is 1.14. The van der Waals surface area contributed by atoms with Crippen molar-refractivity contribution in [1.82, 2.24) is 0 Å². The van der Waals surface area contributed by atoms with Crippen LogP contribution in [0.1, 0.15) is 12.5 Å². The molecule has 1 aromatic carbocycles. The van der Waals surface area contributed by atoms with Crippen LogP contribution in [0.5, 0.6) is 0 Å². The van der Waals surface area contributed by atoms with Crippen molar-refractivity contribution in [3.8, 4) is 0 Å². The normalized spacial score (nSPS) is 13.1. The topological polar surface area (TPSA) is 20.2 Å². The summed E-state index contributed by atoms with van der Waals surface area (Å²) in [4.78, 5) is 0. The maximum atomic E-state index is 9.55. The third kappa shape index (κ3) is 3.06. The van der Waals surface area contributed by atoms with Crippen LogP contribution < -0.4 is 0 Å². The fourth-order valence-electron chi connectivity index (χ4n) is 1.14. The molecule has 0 aliphatic rings.